The number of imidazole rings is 1. The second-order valence-electron chi connectivity index (χ2n) is 11.6. The molecule has 3 aliphatic carbocycles. The van der Waals surface area contributed by atoms with Crippen molar-refractivity contribution in [3.63, 3.8) is 0 Å². The molecule has 3 aliphatic rings. The van der Waals surface area contributed by atoms with Gasteiger partial charge in [-0.3, -0.25) is 0 Å². The second-order valence-corrected chi connectivity index (χ2v) is 12.3. The Morgan fingerprint density at radius 2 is 2.00 bits per heavy atom. The zero-order valence-corrected chi connectivity index (χ0v) is 22.9. The predicted octanol–water partition coefficient (Wildman–Crippen LogP) is 5.39. The van der Waals surface area contributed by atoms with Crippen LogP contribution in [-0.2, 0) is 6.54 Å². The number of fused-ring (bicyclic) bond motifs is 1. The van der Waals surface area contributed by atoms with E-state index in [0.29, 0.717) is 23.3 Å². The van der Waals surface area contributed by atoms with Crippen molar-refractivity contribution in [2.75, 3.05) is 5.32 Å². The number of amidine groups is 1. The number of nitrogens with one attached hydrogen (secondary N) is 1. The quantitative estimate of drug-likeness (QED) is 0.257. The van der Waals surface area contributed by atoms with E-state index in [9.17, 15) is 9.90 Å². The van der Waals surface area contributed by atoms with Gasteiger partial charge in [0.15, 0.2) is 23.1 Å². The topological polar surface area (TPSA) is 144 Å². The molecule has 0 saturated heterocycles. The minimum atomic E-state index is -1.37. The van der Waals surface area contributed by atoms with Crippen LogP contribution in [0.4, 0.5) is 10.6 Å². The minimum Gasteiger partial charge on any atom is -0.463 e. The number of amides is 1. The number of nitrogens with two attached hydrogens (primary N) is 1. The molecule has 11 heteroatoms. The Bertz CT molecular complexity index is 1350. The van der Waals surface area contributed by atoms with E-state index in [0.717, 1.165) is 42.3 Å². The molecule has 1 unspecified atom stereocenters. The summed E-state index contributed by atoms with van der Waals surface area (Å²) in [5, 5.41) is 15.1. The van der Waals surface area contributed by atoms with Crippen LogP contribution in [0.1, 0.15) is 94.9 Å². The molecule has 0 spiro atoms. The van der Waals surface area contributed by atoms with Crippen LogP contribution >= 0.6 is 11.3 Å². The number of aromatic nitrogens is 5. The first-order valence-electron chi connectivity index (χ1n) is 13.8. The van der Waals surface area contributed by atoms with Crippen LogP contribution < -0.4 is 11.1 Å². The van der Waals surface area contributed by atoms with Gasteiger partial charge in [0.1, 0.15) is 11.3 Å². The van der Waals surface area contributed by atoms with E-state index in [1.165, 1.54) is 44.9 Å². The van der Waals surface area contributed by atoms with Crippen LogP contribution in [0.15, 0.2) is 15.9 Å². The lowest BCUT2D eigenvalue weighted by atomic mass is 9.78. The minimum absolute atomic E-state index is 0.0270. The van der Waals surface area contributed by atoms with E-state index >= 15 is 0 Å². The molecule has 3 heterocycles. The Morgan fingerprint density at radius 3 is 2.61 bits per heavy atom. The third-order valence-electron chi connectivity index (χ3n) is 8.98. The summed E-state index contributed by atoms with van der Waals surface area (Å²) in [5.74, 6) is 3.39. The summed E-state index contributed by atoms with van der Waals surface area (Å²) in [4.78, 5) is 33.8. The van der Waals surface area contributed by atoms with Crippen LogP contribution in [0.3, 0.4) is 0 Å². The molecule has 0 bridgehead atoms. The van der Waals surface area contributed by atoms with E-state index in [4.69, 9.17) is 15.7 Å². The van der Waals surface area contributed by atoms with E-state index in [1.807, 2.05) is 5.51 Å². The highest BCUT2D eigenvalue weighted by Gasteiger charge is 2.51. The van der Waals surface area contributed by atoms with Gasteiger partial charge in [-0.1, -0.05) is 26.2 Å². The predicted molar refractivity (Wildman–Crippen MR) is 148 cm³/mol. The SMILES string of the molecule is CC1CCC(Cn2c(C(C)c3cscn3)nc3nc(/C(N)=N/C(=O)O)nc(NC4(C5CCC5)CC4)c32)CC1. The number of hydrogen-bond acceptors (Lipinski definition) is 7. The Balaban J connectivity index is 1.49. The summed E-state index contributed by atoms with van der Waals surface area (Å²) in [7, 11) is 0. The standard InChI is InChI=1S/C27H36N8O2S/c1-15-6-8-17(9-7-15)12-35-20-22(33-25(35)16(2)19-13-38-14-29-19)31-24(21(28)30-26(36)37)32-23(20)34-27(10-11-27)18-4-3-5-18/h13-18H,3-12H2,1-2H3,(H2,28,30)(H,36,37)(H,31,32,34). The molecule has 0 aromatic carbocycles. The molecule has 202 valence electrons. The van der Waals surface area contributed by atoms with Crippen molar-refractivity contribution in [2.24, 2.45) is 28.5 Å². The fraction of sp³-hybridized carbons (Fsp3) is 0.630. The lowest BCUT2D eigenvalue weighted by Crippen LogP contribution is -2.36. The lowest BCUT2D eigenvalue weighted by Gasteiger charge is -2.35. The third-order valence-corrected chi connectivity index (χ3v) is 9.58. The fourth-order valence-corrected chi connectivity index (χ4v) is 6.88. The average molecular weight is 537 g/mol. The first kappa shape index (κ1) is 25.2. The van der Waals surface area contributed by atoms with Crippen LogP contribution in [0.25, 0.3) is 11.2 Å². The maximum atomic E-state index is 11.3. The van der Waals surface area contributed by atoms with Gasteiger partial charge in [0.2, 0.25) is 0 Å². The first-order valence-corrected chi connectivity index (χ1v) is 14.8. The van der Waals surface area contributed by atoms with Gasteiger partial charge in [-0.15, -0.1) is 11.3 Å². The molecule has 38 heavy (non-hydrogen) atoms. The second kappa shape index (κ2) is 9.91. The number of rotatable bonds is 8. The number of thiazole rings is 1. The molecule has 3 fully saturated rings. The summed E-state index contributed by atoms with van der Waals surface area (Å²) in [6.45, 7) is 5.32. The molecule has 1 atom stereocenters. The van der Waals surface area contributed by atoms with Crippen LogP contribution in [0.2, 0.25) is 0 Å². The fourth-order valence-electron chi connectivity index (χ4n) is 6.23. The van der Waals surface area contributed by atoms with E-state index in [-0.39, 0.29) is 23.1 Å². The summed E-state index contributed by atoms with van der Waals surface area (Å²) < 4.78 is 2.31. The maximum Gasteiger partial charge on any atom is 0.433 e. The number of carbonyl (C=O) groups is 1. The highest BCUT2D eigenvalue weighted by Crippen LogP contribution is 2.53. The molecule has 3 saturated carbocycles. The number of nitrogens with zero attached hydrogens (tertiary/aromatic N) is 6. The van der Waals surface area contributed by atoms with Gasteiger partial charge in [0.25, 0.3) is 0 Å². The maximum absolute atomic E-state index is 11.3. The zero-order valence-electron chi connectivity index (χ0n) is 22.1. The van der Waals surface area contributed by atoms with Crippen LogP contribution in [0.5, 0.6) is 0 Å². The molecular formula is C27H36N8O2S. The van der Waals surface area contributed by atoms with Crippen molar-refractivity contribution in [3.8, 4) is 0 Å². The normalized spacial score (nSPS) is 24.2. The molecule has 0 radical (unpaired) electrons. The number of anilines is 1. The lowest BCUT2D eigenvalue weighted by molar-refractivity contribution is 0.205. The average Bonchev–Trinajstić information content (AvgIpc) is 3.26. The largest absolute Gasteiger partial charge is 0.463 e. The van der Waals surface area contributed by atoms with Crippen molar-refractivity contribution in [2.45, 2.75) is 89.6 Å². The van der Waals surface area contributed by atoms with Gasteiger partial charge in [-0.25, -0.2) is 24.7 Å². The molecule has 6 rings (SSSR count). The molecule has 10 nitrogen and oxygen atoms in total. The molecule has 0 aliphatic heterocycles. The van der Waals surface area contributed by atoms with Gasteiger partial charge in [-0.2, -0.15) is 4.99 Å². The first-order chi connectivity index (χ1) is 18.3. The Morgan fingerprint density at radius 1 is 1.24 bits per heavy atom. The Hall–Kier alpha value is -3.08. The highest BCUT2D eigenvalue weighted by molar-refractivity contribution is 7.07. The monoisotopic (exact) mass is 536 g/mol. The van der Waals surface area contributed by atoms with E-state index in [2.05, 4.69) is 44.1 Å². The summed E-state index contributed by atoms with van der Waals surface area (Å²) in [5.41, 5.74) is 10.3. The van der Waals surface area contributed by atoms with Crippen molar-refractivity contribution in [3.05, 3.63) is 28.2 Å². The van der Waals surface area contributed by atoms with Gasteiger partial charge in [0, 0.05) is 17.5 Å². The van der Waals surface area contributed by atoms with Crippen molar-refractivity contribution < 1.29 is 9.90 Å². The number of aliphatic imine (C=N–C) groups is 1. The van der Waals surface area contributed by atoms with Crippen molar-refractivity contribution >= 4 is 40.2 Å². The molecule has 4 N–H and O–H groups in total. The number of hydrogen-bond donors (Lipinski definition) is 3. The van der Waals surface area contributed by atoms with E-state index < -0.39 is 6.09 Å². The molecule has 3 aromatic heterocycles. The van der Waals surface area contributed by atoms with Crippen molar-refractivity contribution in [1.82, 2.24) is 24.5 Å². The summed E-state index contributed by atoms with van der Waals surface area (Å²) >= 11 is 1.58. The van der Waals surface area contributed by atoms with Gasteiger partial charge in [0.05, 0.1) is 17.1 Å². The van der Waals surface area contributed by atoms with Gasteiger partial charge >= 0.3 is 6.09 Å². The summed E-state index contributed by atoms with van der Waals surface area (Å²) in [6, 6.07) is 0. The van der Waals surface area contributed by atoms with Crippen LogP contribution in [0, 0.1) is 17.8 Å². The third kappa shape index (κ3) is 4.76. The molecule has 1 amide bonds. The van der Waals surface area contributed by atoms with Gasteiger partial charge < -0.3 is 20.7 Å². The zero-order chi connectivity index (χ0) is 26.4. The van der Waals surface area contributed by atoms with Crippen LogP contribution in [-0.4, -0.2) is 47.1 Å². The Kier molecular flexibility index (Phi) is 6.57. The highest BCUT2D eigenvalue weighted by atomic mass is 32.1. The molecule has 3 aromatic rings. The van der Waals surface area contributed by atoms with E-state index in [1.54, 1.807) is 11.3 Å². The smallest absolute Gasteiger partial charge is 0.433 e. The van der Waals surface area contributed by atoms with Gasteiger partial charge in [-0.05, 0) is 63.2 Å². The number of carboxylic acid groups (broad SMARTS) is 1. The summed E-state index contributed by atoms with van der Waals surface area (Å²) in [6.07, 6.45) is 9.43. The van der Waals surface area contributed by atoms with Crippen molar-refractivity contribution in [1.29, 1.82) is 0 Å². The molecular weight excluding hydrogens is 500 g/mol. The Labute approximate surface area is 226 Å².